The predicted octanol–water partition coefficient (Wildman–Crippen LogP) is 1.81. The van der Waals surface area contributed by atoms with Crippen LogP contribution in [0.15, 0.2) is 24.3 Å². The van der Waals surface area contributed by atoms with Gasteiger partial charge in [0.05, 0.1) is 12.0 Å². The molecule has 3 rings (SSSR count). The molecule has 23 heavy (non-hydrogen) atoms. The Morgan fingerprint density at radius 1 is 1.26 bits per heavy atom. The molecule has 6 heteroatoms. The van der Waals surface area contributed by atoms with Crippen LogP contribution in [0.4, 0.5) is 4.39 Å². The van der Waals surface area contributed by atoms with E-state index in [1.54, 1.807) is 17.0 Å². The fraction of sp³-hybridized carbons (Fsp3) is 0.529. The summed E-state index contributed by atoms with van der Waals surface area (Å²) in [7, 11) is 1.47. The van der Waals surface area contributed by atoms with Gasteiger partial charge in [-0.25, -0.2) is 4.39 Å². The first-order chi connectivity index (χ1) is 10.9. The van der Waals surface area contributed by atoms with Crippen LogP contribution in [0.2, 0.25) is 0 Å². The van der Waals surface area contributed by atoms with Crippen molar-refractivity contribution in [3.63, 3.8) is 0 Å². The number of amides is 1. The van der Waals surface area contributed by atoms with Gasteiger partial charge in [0.2, 0.25) is 5.91 Å². The van der Waals surface area contributed by atoms with Crippen molar-refractivity contribution in [1.29, 1.82) is 0 Å². The monoisotopic (exact) mass is 321 g/mol. The van der Waals surface area contributed by atoms with E-state index in [1.807, 2.05) is 0 Å². The number of likely N-dealkylation sites (tertiary alicyclic amines) is 1. The van der Waals surface area contributed by atoms with E-state index in [0.29, 0.717) is 13.0 Å². The van der Waals surface area contributed by atoms with Gasteiger partial charge in [-0.15, -0.1) is 0 Å². The van der Waals surface area contributed by atoms with E-state index in [0.717, 1.165) is 18.4 Å². The first-order valence-corrected chi connectivity index (χ1v) is 7.71. The highest BCUT2D eigenvalue weighted by atomic mass is 19.1. The van der Waals surface area contributed by atoms with Crippen LogP contribution in [0.25, 0.3) is 0 Å². The normalized spacial score (nSPS) is 25.4. The number of ether oxygens (including phenoxy) is 1. The van der Waals surface area contributed by atoms with E-state index in [-0.39, 0.29) is 24.9 Å². The fourth-order valence-electron chi connectivity index (χ4n) is 3.50. The van der Waals surface area contributed by atoms with Crippen LogP contribution in [0.5, 0.6) is 0 Å². The number of carbonyl (C=O) groups excluding carboxylic acids is 1. The Hall–Kier alpha value is -1.95. The van der Waals surface area contributed by atoms with Crippen molar-refractivity contribution in [2.75, 3.05) is 26.8 Å². The quantitative estimate of drug-likeness (QED) is 0.898. The van der Waals surface area contributed by atoms with Crippen LogP contribution in [0.1, 0.15) is 24.8 Å². The molecule has 0 spiro atoms. The van der Waals surface area contributed by atoms with Gasteiger partial charge in [0.15, 0.2) is 0 Å². The Labute approximate surface area is 134 Å². The molecule has 1 aromatic rings. The van der Waals surface area contributed by atoms with Crippen LogP contribution >= 0.6 is 0 Å². The van der Waals surface area contributed by atoms with Crippen LogP contribution in [-0.2, 0) is 19.7 Å². The summed E-state index contributed by atoms with van der Waals surface area (Å²) in [5.74, 6) is -1.31. The number of hydrogen-bond donors (Lipinski definition) is 1. The summed E-state index contributed by atoms with van der Waals surface area (Å²) in [6, 6.07) is 6.02. The standard InChI is InChI=1S/C17H20FNO4/c1-23-11-16(15(21)22)8-9-19(10-16)14(20)17(6-7-17)12-2-4-13(18)5-3-12/h2-5H,6-11H2,1H3,(H,21,22). The number of carboxylic acid groups (broad SMARTS) is 1. The fourth-order valence-corrected chi connectivity index (χ4v) is 3.50. The molecule has 2 aliphatic rings. The summed E-state index contributed by atoms with van der Waals surface area (Å²) in [5.41, 5.74) is -0.818. The summed E-state index contributed by atoms with van der Waals surface area (Å²) >= 11 is 0. The summed E-state index contributed by atoms with van der Waals surface area (Å²) in [5, 5.41) is 9.50. The molecule has 1 aliphatic carbocycles. The van der Waals surface area contributed by atoms with E-state index in [4.69, 9.17) is 4.74 Å². The lowest BCUT2D eigenvalue weighted by Gasteiger charge is -2.26. The minimum Gasteiger partial charge on any atom is -0.481 e. The summed E-state index contributed by atoms with van der Waals surface area (Å²) in [4.78, 5) is 26.2. The van der Waals surface area contributed by atoms with Crippen molar-refractivity contribution in [3.05, 3.63) is 35.6 Å². The van der Waals surface area contributed by atoms with Crippen LogP contribution < -0.4 is 0 Å². The van der Waals surface area contributed by atoms with Gasteiger partial charge in [-0.3, -0.25) is 9.59 Å². The Morgan fingerprint density at radius 3 is 2.43 bits per heavy atom. The molecule has 1 atom stereocenters. The molecule has 0 bridgehead atoms. The van der Waals surface area contributed by atoms with E-state index in [9.17, 15) is 19.1 Å². The molecule has 124 valence electrons. The number of nitrogens with zero attached hydrogens (tertiary/aromatic N) is 1. The maximum absolute atomic E-state index is 13.1. The van der Waals surface area contributed by atoms with Gasteiger partial charge in [-0.05, 0) is 37.0 Å². The zero-order valence-electron chi connectivity index (χ0n) is 13.0. The van der Waals surface area contributed by atoms with E-state index >= 15 is 0 Å². The molecule has 2 fully saturated rings. The molecule has 1 heterocycles. The highest BCUT2D eigenvalue weighted by Crippen LogP contribution is 2.50. The van der Waals surface area contributed by atoms with Crippen LogP contribution in [-0.4, -0.2) is 48.7 Å². The summed E-state index contributed by atoms with van der Waals surface area (Å²) in [6.45, 7) is 0.672. The highest BCUT2D eigenvalue weighted by molar-refractivity contribution is 5.92. The Bertz CT molecular complexity index is 626. The largest absolute Gasteiger partial charge is 0.481 e. The molecule has 1 N–H and O–H groups in total. The van der Waals surface area contributed by atoms with Crippen molar-refractivity contribution in [2.45, 2.75) is 24.7 Å². The minimum atomic E-state index is -1.02. The van der Waals surface area contributed by atoms with Crippen LogP contribution in [0, 0.1) is 11.2 Å². The van der Waals surface area contributed by atoms with Gasteiger partial charge in [-0.2, -0.15) is 0 Å². The second-order valence-corrected chi connectivity index (χ2v) is 6.58. The van der Waals surface area contributed by atoms with Crippen molar-refractivity contribution in [2.24, 2.45) is 5.41 Å². The molecule has 5 nitrogen and oxygen atoms in total. The number of methoxy groups -OCH3 is 1. The van der Waals surface area contributed by atoms with Gasteiger partial charge in [0.25, 0.3) is 0 Å². The summed E-state index contributed by atoms with van der Waals surface area (Å²) < 4.78 is 18.2. The van der Waals surface area contributed by atoms with Crippen molar-refractivity contribution in [3.8, 4) is 0 Å². The smallest absolute Gasteiger partial charge is 0.313 e. The SMILES string of the molecule is COCC1(C(=O)O)CCN(C(=O)C2(c3ccc(F)cc3)CC2)C1. The molecule has 1 saturated heterocycles. The van der Waals surface area contributed by atoms with Gasteiger partial charge in [0.1, 0.15) is 11.2 Å². The zero-order valence-corrected chi connectivity index (χ0v) is 13.0. The lowest BCUT2D eigenvalue weighted by Crippen LogP contribution is -2.43. The molecular formula is C17H20FNO4. The van der Waals surface area contributed by atoms with E-state index in [2.05, 4.69) is 0 Å². The topological polar surface area (TPSA) is 66.8 Å². The molecule has 1 amide bonds. The molecule has 0 radical (unpaired) electrons. The molecule has 1 aliphatic heterocycles. The molecule has 1 aromatic carbocycles. The van der Waals surface area contributed by atoms with E-state index < -0.39 is 16.8 Å². The average Bonchev–Trinajstić information content (AvgIpc) is 3.22. The maximum atomic E-state index is 13.1. The zero-order chi connectivity index (χ0) is 16.7. The minimum absolute atomic E-state index is 0.0525. The number of benzene rings is 1. The number of halogens is 1. The number of carboxylic acids is 1. The average molecular weight is 321 g/mol. The number of aliphatic carboxylic acids is 1. The molecular weight excluding hydrogens is 301 g/mol. The third-order valence-corrected chi connectivity index (χ3v) is 5.07. The Morgan fingerprint density at radius 2 is 1.91 bits per heavy atom. The van der Waals surface area contributed by atoms with Gasteiger partial charge < -0.3 is 14.7 Å². The van der Waals surface area contributed by atoms with Crippen molar-refractivity contribution in [1.82, 2.24) is 4.90 Å². The predicted molar refractivity (Wildman–Crippen MR) is 80.5 cm³/mol. The second kappa shape index (κ2) is 5.60. The van der Waals surface area contributed by atoms with Gasteiger partial charge >= 0.3 is 5.97 Å². The first kappa shape index (κ1) is 15.9. The summed E-state index contributed by atoms with van der Waals surface area (Å²) in [6.07, 6.45) is 1.83. The third kappa shape index (κ3) is 2.61. The van der Waals surface area contributed by atoms with Gasteiger partial charge in [0, 0.05) is 20.2 Å². The van der Waals surface area contributed by atoms with Gasteiger partial charge in [-0.1, -0.05) is 12.1 Å². The Kier molecular flexibility index (Phi) is 3.88. The molecule has 0 aromatic heterocycles. The third-order valence-electron chi connectivity index (χ3n) is 5.07. The lowest BCUT2D eigenvalue weighted by molar-refractivity contribution is -0.151. The number of hydrogen-bond acceptors (Lipinski definition) is 3. The molecule has 1 unspecified atom stereocenters. The highest BCUT2D eigenvalue weighted by Gasteiger charge is 2.56. The van der Waals surface area contributed by atoms with Crippen LogP contribution in [0.3, 0.4) is 0 Å². The first-order valence-electron chi connectivity index (χ1n) is 7.71. The lowest BCUT2D eigenvalue weighted by atomic mass is 9.88. The van der Waals surface area contributed by atoms with E-state index in [1.165, 1.54) is 19.2 Å². The van der Waals surface area contributed by atoms with Crippen molar-refractivity contribution >= 4 is 11.9 Å². The number of carbonyl (C=O) groups is 2. The maximum Gasteiger partial charge on any atom is 0.313 e. The Balaban J connectivity index is 1.79. The second-order valence-electron chi connectivity index (χ2n) is 6.58. The van der Waals surface area contributed by atoms with Crippen molar-refractivity contribution < 1.29 is 23.8 Å². The number of rotatable bonds is 5. The molecule has 1 saturated carbocycles.